The van der Waals surface area contributed by atoms with Crippen LogP contribution in [0.4, 0.5) is 38.1 Å². The summed E-state index contributed by atoms with van der Waals surface area (Å²) in [5.74, 6) is 0.434. The van der Waals surface area contributed by atoms with E-state index in [1.165, 1.54) is 13.2 Å². The maximum Gasteiger partial charge on any atom is 0.416 e. The molecule has 1 saturated heterocycles. The summed E-state index contributed by atoms with van der Waals surface area (Å²) in [6.07, 6.45) is -7.45. The van der Waals surface area contributed by atoms with Crippen LogP contribution in [-0.2, 0) is 25.9 Å². The fourth-order valence-electron chi connectivity index (χ4n) is 4.36. The van der Waals surface area contributed by atoms with E-state index in [0.717, 1.165) is 4.80 Å². The minimum absolute atomic E-state index is 0.0196. The predicted molar refractivity (Wildman–Crippen MR) is 123 cm³/mol. The van der Waals surface area contributed by atoms with E-state index in [2.05, 4.69) is 25.4 Å². The topological polar surface area (TPSA) is 75.9 Å². The van der Waals surface area contributed by atoms with Crippen molar-refractivity contribution in [2.24, 2.45) is 7.05 Å². The molecule has 1 aliphatic rings. The van der Waals surface area contributed by atoms with Crippen molar-refractivity contribution in [1.29, 1.82) is 0 Å². The Kier molecular flexibility index (Phi) is 7.43. The monoisotopic (exact) mass is 568 g/mol. The van der Waals surface area contributed by atoms with Crippen molar-refractivity contribution in [3.05, 3.63) is 51.4 Å². The smallest absolute Gasteiger partial charge is 0.350 e. The number of hydrogen-bond donors (Lipinski definition) is 0. The average molecular weight is 569 g/mol. The first-order valence-corrected chi connectivity index (χ1v) is 11.8. The molecular formula is C21H20Cl2F6N8. The van der Waals surface area contributed by atoms with Gasteiger partial charge in [0, 0.05) is 19.1 Å². The number of aryl methyl sites for hydroxylation is 1. The molecule has 1 fully saturated rings. The Balaban J connectivity index is 1.73. The first-order chi connectivity index (χ1) is 17.3. The summed E-state index contributed by atoms with van der Waals surface area (Å²) in [5.41, 5.74) is -3.00. The fraction of sp³-hybridized carbons (Fsp3) is 0.476. The van der Waals surface area contributed by atoms with Crippen LogP contribution in [0.5, 0.6) is 0 Å². The second kappa shape index (κ2) is 10.1. The van der Waals surface area contributed by atoms with Gasteiger partial charge in [-0.15, -0.1) is 5.10 Å². The van der Waals surface area contributed by atoms with Crippen LogP contribution in [0.25, 0.3) is 0 Å². The van der Waals surface area contributed by atoms with E-state index in [1.807, 2.05) is 11.8 Å². The quantitative estimate of drug-likeness (QED) is 0.291. The number of hydrogen-bond acceptors (Lipinski definition) is 7. The predicted octanol–water partition coefficient (Wildman–Crippen LogP) is 5.41. The lowest BCUT2D eigenvalue weighted by Crippen LogP contribution is -2.38. The van der Waals surface area contributed by atoms with Gasteiger partial charge in [0.1, 0.15) is 5.02 Å². The maximum absolute atomic E-state index is 13.4. The van der Waals surface area contributed by atoms with E-state index in [1.54, 1.807) is 4.90 Å². The molecule has 0 N–H and O–H groups in total. The van der Waals surface area contributed by atoms with Gasteiger partial charge >= 0.3 is 12.4 Å². The van der Waals surface area contributed by atoms with E-state index in [-0.39, 0.29) is 47.0 Å². The highest BCUT2D eigenvalue weighted by atomic mass is 35.5. The van der Waals surface area contributed by atoms with Gasteiger partial charge in [0.2, 0.25) is 5.28 Å². The van der Waals surface area contributed by atoms with Gasteiger partial charge in [-0.2, -0.15) is 36.1 Å². The van der Waals surface area contributed by atoms with Gasteiger partial charge in [-0.3, -0.25) is 0 Å². The molecule has 4 rings (SSSR count). The second-order valence-corrected chi connectivity index (χ2v) is 9.28. The van der Waals surface area contributed by atoms with Gasteiger partial charge in [0.25, 0.3) is 5.95 Å². The Morgan fingerprint density at radius 1 is 1.05 bits per heavy atom. The van der Waals surface area contributed by atoms with Crippen LogP contribution in [-0.4, -0.2) is 48.8 Å². The maximum atomic E-state index is 13.4. The number of anilines is 2. The van der Waals surface area contributed by atoms with Crippen LogP contribution in [0.3, 0.4) is 0 Å². The number of rotatable bonds is 6. The number of halogens is 8. The summed E-state index contributed by atoms with van der Waals surface area (Å²) in [6.45, 7) is 1.88. The van der Waals surface area contributed by atoms with E-state index >= 15 is 0 Å². The van der Waals surface area contributed by atoms with Gasteiger partial charge in [-0.1, -0.05) is 23.6 Å². The summed E-state index contributed by atoms with van der Waals surface area (Å²) in [4.78, 5) is 12.6. The summed E-state index contributed by atoms with van der Waals surface area (Å²) in [6, 6.07) is 0.954. The summed E-state index contributed by atoms with van der Waals surface area (Å²) in [5, 5.41) is 12.1. The molecular weight excluding hydrogens is 549 g/mol. The Hall–Kier alpha value is -2.87. The third-order valence-electron chi connectivity index (χ3n) is 6.03. The molecule has 0 radical (unpaired) electrons. The molecule has 16 heteroatoms. The van der Waals surface area contributed by atoms with E-state index in [4.69, 9.17) is 23.2 Å². The molecule has 2 aromatic heterocycles. The first-order valence-electron chi connectivity index (χ1n) is 11.0. The Morgan fingerprint density at radius 3 is 2.24 bits per heavy atom. The van der Waals surface area contributed by atoms with Crippen molar-refractivity contribution in [2.75, 3.05) is 16.3 Å². The van der Waals surface area contributed by atoms with Crippen molar-refractivity contribution < 1.29 is 26.3 Å². The molecule has 1 aliphatic heterocycles. The van der Waals surface area contributed by atoms with Crippen LogP contribution in [0.2, 0.25) is 10.3 Å². The SMILES string of the molecule is CCC1CC(N(Cc2cc(C(F)(F)F)cc(C(F)(F)F)c2)c2nnn(C)n2)CN1c1nc(Cl)ncc1Cl. The minimum atomic E-state index is -4.97. The lowest BCUT2D eigenvalue weighted by Gasteiger charge is -2.28. The fourth-order valence-corrected chi connectivity index (χ4v) is 4.69. The molecule has 3 heterocycles. The lowest BCUT2D eigenvalue weighted by molar-refractivity contribution is -0.143. The van der Waals surface area contributed by atoms with Crippen molar-refractivity contribution in [1.82, 2.24) is 30.2 Å². The summed E-state index contributed by atoms with van der Waals surface area (Å²) < 4.78 is 80.7. The molecule has 1 aromatic carbocycles. The largest absolute Gasteiger partial charge is 0.416 e. The van der Waals surface area contributed by atoms with Gasteiger partial charge in [0.05, 0.1) is 30.4 Å². The average Bonchev–Trinajstić information content (AvgIpc) is 3.44. The van der Waals surface area contributed by atoms with E-state index in [9.17, 15) is 26.3 Å². The molecule has 0 bridgehead atoms. The lowest BCUT2D eigenvalue weighted by atomic mass is 10.0. The Labute approximate surface area is 217 Å². The Morgan fingerprint density at radius 2 is 1.70 bits per heavy atom. The molecule has 2 unspecified atom stereocenters. The minimum Gasteiger partial charge on any atom is -0.350 e. The number of nitrogens with zero attached hydrogens (tertiary/aromatic N) is 8. The van der Waals surface area contributed by atoms with Crippen LogP contribution < -0.4 is 9.80 Å². The normalized spacial score (nSPS) is 18.5. The highest BCUT2D eigenvalue weighted by Gasteiger charge is 2.40. The zero-order chi connectivity index (χ0) is 27.1. The molecule has 3 aromatic rings. The zero-order valence-corrected chi connectivity index (χ0v) is 20.9. The van der Waals surface area contributed by atoms with Crippen LogP contribution in [0, 0.1) is 0 Å². The molecule has 0 amide bonds. The standard InChI is InChI=1S/C21H20Cl2F6N8/c1-3-14-7-15(10-36(14)17-16(22)8-30-18(23)31-17)37(19-32-34-35(2)33-19)9-11-4-12(20(24,25)26)6-13(5-11)21(27,28)29/h4-6,8,14-15H,3,7,9-10H2,1-2H3. The molecule has 2 atom stereocenters. The highest BCUT2D eigenvalue weighted by Crippen LogP contribution is 2.38. The molecule has 0 aliphatic carbocycles. The third kappa shape index (κ3) is 6.00. The first kappa shape index (κ1) is 27.2. The van der Waals surface area contributed by atoms with Crippen LogP contribution >= 0.6 is 23.2 Å². The number of benzene rings is 1. The van der Waals surface area contributed by atoms with Crippen molar-refractivity contribution in [3.8, 4) is 0 Å². The highest BCUT2D eigenvalue weighted by molar-refractivity contribution is 6.33. The van der Waals surface area contributed by atoms with Crippen LogP contribution in [0.15, 0.2) is 24.4 Å². The Bertz CT molecular complexity index is 1230. The van der Waals surface area contributed by atoms with Crippen molar-refractivity contribution in [2.45, 2.75) is 50.7 Å². The van der Waals surface area contributed by atoms with Gasteiger partial charge in [0.15, 0.2) is 5.82 Å². The van der Waals surface area contributed by atoms with Gasteiger partial charge in [-0.05, 0) is 53.4 Å². The summed E-state index contributed by atoms with van der Waals surface area (Å²) >= 11 is 12.3. The molecule has 8 nitrogen and oxygen atoms in total. The molecule has 200 valence electrons. The van der Waals surface area contributed by atoms with E-state index in [0.29, 0.717) is 30.8 Å². The molecule has 0 spiro atoms. The van der Waals surface area contributed by atoms with Gasteiger partial charge in [-0.25, -0.2) is 4.98 Å². The zero-order valence-electron chi connectivity index (χ0n) is 19.4. The second-order valence-electron chi connectivity index (χ2n) is 8.54. The van der Waals surface area contributed by atoms with E-state index < -0.39 is 29.5 Å². The van der Waals surface area contributed by atoms with Crippen molar-refractivity contribution in [3.63, 3.8) is 0 Å². The number of alkyl halides is 6. The number of aromatic nitrogens is 6. The van der Waals surface area contributed by atoms with Gasteiger partial charge < -0.3 is 9.80 Å². The molecule has 0 saturated carbocycles. The summed E-state index contributed by atoms with van der Waals surface area (Å²) in [7, 11) is 1.50. The van der Waals surface area contributed by atoms with Crippen molar-refractivity contribution >= 4 is 35.0 Å². The third-order valence-corrected chi connectivity index (χ3v) is 6.48. The molecule has 37 heavy (non-hydrogen) atoms. The number of tetrazole rings is 1. The van der Waals surface area contributed by atoms with Crippen LogP contribution in [0.1, 0.15) is 36.5 Å².